The summed E-state index contributed by atoms with van der Waals surface area (Å²) < 4.78 is 6.05. The van der Waals surface area contributed by atoms with Gasteiger partial charge in [0, 0.05) is 5.56 Å². The van der Waals surface area contributed by atoms with E-state index in [0.717, 1.165) is 17.2 Å². The van der Waals surface area contributed by atoms with E-state index in [0.29, 0.717) is 12.6 Å². The van der Waals surface area contributed by atoms with Crippen LogP contribution in [0.4, 0.5) is 0 Å². The van der Waals surface area contributed by atoms with Crippen molar-refractivity contribution in [3.63, 3.8) is 0 Å². The number of benzene rings is 1. The maximum atomic E-state index is 6.05. The zero-order chi connectivity index (χ0) is 12.8. The summed E-state index contributed by atoms with van der Waals surface area (Å²) in [6.45, 7) is 2.70. The lowest BCUT2D eigenvalue weighted by Gasteiger charge is -2.27. The SMILES string of the molecule is CC1CCCC(Oc2cccc(C#CCN)c2)C1. The van der Waals surface area contributed by atoms with Crippen molar-refractivity contribution in [3.8, 4) is 17.6 Å². The predicted molar refractivity (Wildman–Crippen MR) is 74.4 cm³/mol. The van der Waals surface area contributed by atoms with Crippen LogP contribution in [-0.2, 0) is 0 Å². The molecule has 0 bridgehead atoms. The van der Waals surface area contributed by atoms with Crippen LogP contribution in [0.5, 0.6) is 5.75 Å². The van der Waals surface area contributed by atoms with E-state index in [1.165, 1.54) is 25.7 Å². The van der Waals surface area contributed by atoms with Gasteiger partial charge in [0.1, 0.15) is 5.75 Å². The molecule has 0 aliphatic heterocycles. The highest BCUT2D eigenvalue weighted by Gasteiger charge is 2.20. The van der Waals surface area contributed by atoms with Gasteiger partial charge in [-0.15, -0.1) is 0 Å². The van der Waals surface area contributed by atoms with Gasteiger partial charge in [-0.25, -0.2) is 0 Å². The van der Waals surface area contributed by atoms with Crippen LogP contribution >= 0.6 is 0 Å². The van der Waals surface area contributed by atoms with Gasteiger partial charge in [-0.1, -0.05) is 31.3 Å². The van der Waals surface area contributed by atoms with Crippen LogP contribution in [0, 0.1) is 17.8 Å². The molecule has 2 heteroatoms. The number of rotatable bonds is 2. The third-order valence-electron chi connectivity index (χ3n) is 3.36. The molecule has 2 rings (SSSR count). The highest BCUT2D eigenvalue weighted by molar-refractivity contribution is 5.40. The fourth-order valence-electron chi connectivity index (χ4n) is 2.48. The van der Waals surface area contributed by atoms with Crippen molar-refractivity contribution in [2.45, 2.75) is 38.7 Å². The summed E-state index contributed by atoms with van der Waals surface area (Å²) in [5.41, 5.74) is 6.35. The molecule has 2 N–H and O–H groups in total. The molecule has 1 fully saturated rings. The fourth-order valence-corrected chi connectivity index (χ4v) is 2.48. The number of nitrogens with two attached hydrogens (primary N) is 1. The van der Waals surface area contributed by atoms with E-state index in [4.69, 9.17) is 10.5 Å². The molecule has 1 aliphatic rings. The fraction of sp³-hybridized carbons (Fsp3) is 0.500. The van der Waals surface area contributed by atoms with E-state index < -0.39 is 0 Å². The van der Waals surface area contributed by atoms with E-state index in [9.17, 15) is 0 Å². The van der Waals surface area contributed by atoms with Gasteiger partial charge in [0.15, 0.2) is 0 Å². The molecule has 0 saturated heterocycles. The molecule has 2 atom stereocenters. The molecule has 96 valence electrons. The summed E-state index contributed by atoms with van der Waals surface area (Å²) in [5, 5.41) is 0. The average Bonchev–Trinajstić information content (AvgIpc) is 2.37. The highest BCUT2D eigenvalue weighted by atomic mass is 16.5. The number of hydrogen-bond donors (Lipinski definition) is 1. The van der Waals surface area contributed by atoms with Crippen molar-refractivity contribution in [2.24, 2.45) is 11.7 Å². The normalized spacial score (nSPS) is 23.0. The standard InChI is InChI=1S/C16H21NO/c1-13-5-2-8-15(11-13)18-16-9-3-6-14(12-16)7-4-10-17/h3,6,9,12-13,15H,2,5,8,10-11,17H2,1H3. The molecule has 0 amide bonds. The second-order valence-electron chi connectivity index (χ2n) is 5.05. The van der Waals surface area contributed by atoms with Crippen LogP contribution in [0.1, 0.15) is 38.2 Å². The second kappa shape index (κ2) is 6.47. The third kappa shape index (κ3) is 3.78. The Morgan fingerprint density at radius 3 is 3.06 bits per heavy atom. The van der Waals surface area contributed by atoms with E-state index in [1.54, 1.807) is 0 Å². The number of ether oxygens (including phenoxy) is 1. The van der Waals surface area contributed by atoms with Gasteiger partial charge in [-0.05, 0) is 43.4 Å². The van der Waals surface area contributed by atoms with Gasteiger partial charge < -0.3 is 10.5 Å². The van der Waals surface area contributed by atoms with Crippen LogP contribution < -0.4 is 10.5 Å². The number of hydrogen-bond acceptors (Lipinski definition) is 2. The molecule has 0 aromatic heterocycles. The topological polar surface area (TPSA) is 35.2 Å². The van der Waals surface area contributed by atoms with Gasteiger partial charge in [-0.3, -0.25) is 0 Å². The van der Waals surface area contributed by atoms with Crippen molar-refractivity contribution in [3.05, 3.63) is 29.8 Å². The summed E-state index contributed by atoms with van der Waals surface area (Å²) in [5.74, 6) is 7.61. The first-order valence-corrected chi connectivity index (χ1v) is 6.73. The molecule has 1 saturated carbocycles. The van der Waals surface area contributed by atoms with Crippen LogP contribution in [-0.4, -0.2) is 12.6 Å². The zero-order valence-electron chi connectivity index (χ0n) is 11.0. The Bertz CT molecular complexity index is 444. The van der Waals surface area contributed by atoms with E-state index in [1.807, 2.05) is 24.3 Å². The van der Waals surface area contributed by atoms with Crippen LogP contribution in [0.25, 0.3) is 0 Å². The summed E-state index contributed by atoms with van der Waals surface area (Å²) in [7, 11) is 0. The molecule has 1 aliphatic carbocycles. The Hall–Kier alpha value is -1.46. The molecule has 1 aromatic rings. The van der Waals surface area contributed by atoms with E-state index in [2.05, 4.69) is 18.8 Å². The van der Waals surface area contributed by atoms with Crippen molar-refractivity contribution < 1.29 is 4.74 Å². The van der Waals surface area contributed by atoms with Crippen LogP contribution in [0.2, 0.25) is 0 Å². The first kappa shape index (κ1) is 13.0. The predicted octanol–water partition coefficient (Wildman–Crippen LogP) is 2.95. The van der Waals surface area contributed by atoms with Gasteiger partial charge in [-0.2, -0.15) is 0 Å². The van der Waals surface area contributed by atoms with Crippen molar-refractivity contribution in [1.82, 2.24) is 0 Å². The molecule has 2 nitrogen and oxygen atoms in total. The summed E-state index contributed by atoms with van der Waals surface area (Å²) >= 11 is 0. The molecule has 1 aromatic carbocycles. The Morgan fingerprint density at radius 2 is 2.28 bits per heavy atom. The second-order valence-corrected chi connectivity index (χ2v) is 5.05. The Morgan fingerprint density at radius 1 is 1.39 bits per heavy atom. The van der Waals surface area contributed by atoms with E-state index in [-0.39, 0.29) is 0 Å². The first-order chi connectivity index (χ1) is 8.78. The van der Waals surface area contributed by atoms with Crippen molar-refractivity contribution >= 4 is 0 Å². The smallest absolute Gasteiger partial charge is 0.120 e. The molecule has 18 heavy (non-hydrogen) atoms. The van der Waals surface area contributed by atoms with Crippen molar-refractivity contribution in [1.29, 1.82) is 0 Å². The third-order valence-corrected chi connectivity index (χ3v) is 3.36. The average molecular weight is 243 g/mol. The van der Waals surface area contributed by atoms with E-state index >= 15 is 0 Å². The monoisotopic (exact) mass is 243 g/mol. The van der Waals surface area contributed by atoms with Gasteiger partial charge in [0.25, 0.3) is 0 Å². The lowest BCUT2D eigenvalue weighted by Crippen LogP contribution is -2.24. The highest BCUT2D eigenvalue weighted by Crippen LogP contribution is 2.27. The molecule has 0 radical (unpaired) electrons. The minimum Gasteiger partial charge on any atom is -0.490 e. The summed E-state index contributed by atoms with van der Waals surface area (Å²) in [6.07, 6.45) is 5.31. The Kier molecular flexibility index (Phi) is 4.66. The Balaban J connectivity index is 2.00. The quantitative estimate of drug-likeness (QED) is 0.811. The molecule has 0 heterocycles. The minimum absolute atomic E-state index is 0.367. The lowest BCUT2D eigenvalue weighted by molar-refractivity contribution is 0.129. The van der Waals surface area contributed by atoms with Crippen molar-refractivity contribution in [2.75, 3.05) is 6.54 Å². The molecular formula is C16H21NO. The van der Waals surface area contributed by atoms with Gasteiger partial charge >= 0.3 is 0 Å². The summed E-state index contributed by atoms with van der Waals surface area (Å²) in [6, 6.07) is 7.98. The lowest BCUT2D eigenvalue weighted by atomic mass is 9.89. The van der Waals surface area contributed by atoms with Gasteiger partial charge in [0.2, 0.25) is 0 Å². The Labute approximate surface area is 110 Å². The first-order valence-electron chi connectivity index (χ1n) is 6.73. The molecule has 0 spiro atoms. The maximum Gasteiger partial charge on any atom is 0.120 e. The molecular weight excluding hydrogens is 222 g/mol. The largest absolute Gasteiger partial charge is 0.490 e. The van der Waals surface area contributed by atoms with Crippen LogP contribution in [0.15, 0.2) is 24.3 Å². The summed E-state index contributed by atoms with van der Waals surface area (Å²) in [4.78, 5) is 0. The van der Waals surface area contributed by atoms with Crippen LogP contribution in [0.3, 0.4) is 0 Å². The van der Waals surface area contributed by atoms with Gasteiger partial charge in [0.05, 0.1) is 12.6 Å². The molecule has 2 unspecified atom stereocenters. The zero-order valence-corrected chi connectivity index (χ0v) is 11.0. The minimum atomic E-state index is 0.367. The maximum absolute atomic E-state index is 6.05.